The quantitative estimate of drug-likeness (QED) is 0.0456. The molecule has 4 aromatic carbocycles. The number of aliphatic hydroxyl groups is 1. The van der Waals surface area contributed by atoms with Crippen LogP contribution in [0.15, 0.2) is 83.9 Å². The molecule has 4 aromatic rings. The van der Waals surface area contributed by atoms with Crippen molar-refractivity contribution in [3.05, 3.63) is 151 Å². The maximum absolute atomic E-state index is 13.2. The van der Waals surface area contributed by atoms with Crippen LogP contribution in [0.5, 0.6) is 0 Å². The van der Waals surface area contributed by atoms with Crippen molar-refractivity contribution in [2.45, 2.75) is 128 Å². The Morgan fingerprint density at radius 2 is 0.797 bits per heavy atom. The van der Waals surface area contributed by atoms with Gasteiger partial charge >= 0.3 is 24.7 Å². The average Bonchev–Trinajstić information content (AvgIpc) is 3.33. The number of aliphatic hydroxyl groups excluding tert-OH is 1. The molecule has 0 aliphatic heterocycles. The molecule has 0 fully saturated rings. The number of carbonyl (C=O) groups excluding carboxylic acids is 6. The first-order chi connectivity index (χ1) is 34.6. The van der Waals surface area contributed by atoms with Gasteiger partial charge in [-0.15, -0.1) is 0 Å². The monoisotopic (exact) mass is 1050 g/mol. The summed E-state index contributed by atoms with van der Waals surface area (Å²) in [5, 5.41) is 8.70. The molecule has 396 valence electrons. The maximum Gasteiger partial charge on any atom is 0.416 e. The molecule has 0 saturated carbocycles. The third-order valence-electron chi connectivity index (χ3n) is 12.4. The van der Waals surface area contributed by atoms with Crippen LogP contribution < -0.4 is 0 Å². The Morgan fingerprint density at radius 3 is 1.12 bits per heavy atom. The predicted molar refractivity (Wildman–Crippen MR) is 249 cm³/mol. The zero-order valence-electron chi connectivity index (χ0n) is 39.8. The lowest BCUT2D eigenvalue weighted by molar-refractivity contribution is -0.144. The first-order valence-corrected chi connectivity index (χ1v) is 23.6. The summed E-state index contributed by atoms with van der Waals surface area (Å²) < 4.78 is 158. The van der Waals surface area contributed by atoms with Crippen molar-refractivity contribution < 1.29 is 86.6 Å². The molecule has 0 bridgehead atoms. The molecule has 0 aromatic heterocycles. The van der Waals surface area contributed by atoms with Crippen molar-refractivity contribution >= 4 is 46.9 Å². The van der Waals surface area contributed by atoms with E-state index < -0.39 is 65.1 Å². The van der Waals surface area contributed by atoms with E-state index in [4.69, 9.17) is 5.11 Å². The van der Waals surface area contributed by atoms with E-state index >= 15 is 0 Å². The molecule has 0 radical (unpaired) electrons. The van der Waals surface area contributed by atoms with E-state index in [0.717, 1.165) is 25.0 Å². The number of hydrogen-bond acceptors (Lipinski definition) is 7. The van der Waals surface area contributed by atoms with Crippen molar-refractivity contribution in [2.75, 3.05) is 6.61 Å². The van der Waals surface area contributed by atoms with Crippen molar-refractivity contribution in [3.63, 3.8) is 0 Å². The number of Topliss-reactive ketones (excluding diaryl/α,β-unsaturated/α-hetero) is 6. The van der Waals surface area contributed by atoms with Crippen LogP contribution in [0.4, 0.5) is 52.7 Å². The molecule has 0 heterocycles. The molecule has 0 amide bonds. The second-order valence-corrected chi connectivity index (χ2v) is 18.0. The summed E-state index contributed by atoms with van der Waals surface area (Å²) in [4.78, 5) is 73.4. The van der Waals surface area contributed by atoms with Crippen LogP contribution in [-0.4, -0.2) is 46.4 Å². The number of carbonyl (C=O) groups is 6. The number of rotatable bonds is 18. The van der Waals surface area contributed by atoms with Crippen LogP contribution in [-0.2, 0) is 47.1 Å². The minimum atomic E-state index is -4.99. The van der Waals surface area contributed by atoms with Crippen LogP contribution in [0.2, 0.25) is 0 Å². The van der Waals surface area contributed by atoms with Gasteiger partial charge in [-0.05, 0) is 134 Å². The zero-order valence-corrected chi connectivity index (χ0v) is 39.8. The highest BCUT2D eigenvalue weighted by atomic mass is 19.4. The van der Waals surface area contributed by atoms with Gasteiger partial charge in [0, 0.05) is 65.5 Å². The summed E-state index contributed by atoms with van der Waals surface area (Å²) >= 11 is 0. The van der Waals surface area contributed by atoms with Gasteiger partial charge in [0.15, 0.2) is 28.9 Å². The van der Waals surface area contributed by atoms with Crippen LogP contribution in [0.3, 0.4) is 0 Å². The van der Waals surface area contributed by atoms with E-state index in [9.17, 15) is 81.5 Å². The molecular weight excluding hydrogens is 1000 g/mol. The summed E-state index contributed by atoms with van der Waals surface area (Å²) in [6.45, 7) is 1.30. The highest BCUT2D eigenvalue weighted by molar-refractivity contribution is 6.14. The number of fused-ring (bicyclic) bond motifs is 2. The fraction of sp³-hybridized carbons (Fsp3) is 0.382. The van der Waals surface area contributed by atoms with E-state index in [-0.39, 0.29) is 94.3 Å². The third-order valence-corrected chi connectivity index (χ3v) is 12.4. The first kappa shape index (κ1) is 58.4. The van der Waals surface area contributed by atoms with Gasteiger partial charge in [-0.1, -0.05) is 44.0 Å². The third kappa shape index (κ3) is 16.2. The summed E-state index contributed by atoms with van der Waals surface area (Å²) in [6.07, 6.45) is -11.3. The average molecular weight is 1050 g/mol. The van der Waals surface area contributed by atoms with Crippen LogP contribution in [0.25, 0.3) is 12.2 Å². The van der Waals surface area contributed by atoms with Gasteiger partial charge in [-0.2, -0.15) is 52.7 Å². The summed E-state index contributed by atoms with van der Waals surface area (Å²) in [5.74, 6) is -1.32. The molecule has 0 spiro atoms. The van der Waals surface area contributed by atoms with Crippen molar-refractivity contribution in [1.29, 1.82) is 0 Å². The standard InChI is InChI=1S/C28H26F6O3.C27H24F6O4/c1-2-23(35)6-4-3-5-7-25(36)19-10-11-24-18(15-19)8-9-20(26(24)37)12-17-13-21(27(29,30)31)16-22(14-17)28(32,33)34;28-26(29,30)20-11-16(12-21(14-20)27(31,32)33)10-19-7-6-17-13-18(8-9-23(17)25(19)37)24(36)5-3-1-2-4-22(35)15-34/h10-16H,2-9H2,1H3;8-14,34H,1-7,15H2/b20-12+;19-10+. The molecule has 0 atom stereocenters. The van der Waals surface area contributed by atoms with Gasteiger partial charge in [0.2, 0.25) is 0 Å². The largest absolute Gasteiger partial charge is 0.416 e. The summed E-state index contributed by atoms with van der Waals surface area (Å²) in [6, 6.07) is 11.5. The van der Waals surface area contributed by atoms with Gasteiger partial charge in [0.1, 0.15) is 12.4 Å². The Bertz CT molecular complexity index is 2570. The number of alkyl halides is 12. The van der Waals surface area contributed by atoms with Gasteiger partial charge in [0.25, 0.3) is 0 Å². The number of hydrogen-bond donors (Lipinski definition) is 1. The number of halogens is 12. The lowest BCUT2D eigenvalue weighted by atomic mass is 9.84. The Kier molecular flexibility index (Phi) is 19.5. The Morgan fingerprint density at radius 1 is 0.459 bits per heavy atom. The summed E-state index contributed by atoms with van der Waals surface area (Å²) in [5.41, 5.74) is -3.80. The number of aryl methyl sites for hydroxylation is 2. The minimum Gasteiger partial charge on any atom is -0.389 e. The topological polar surface area (TPSA) is 123 Å². The lowest BCUT2D eigenvalue weighted by Crippen LogP contribution is -2.15. The highest BCUT2D eigenvalue weighted by Gasteiger charge is 2.38. The molecule has 2 aliphatic carbocycles. The first-order valence-electron chi connectivity index (χ1n) is 23.6. The number of unbranched alkanes of at least 4 members (excludes halogenated alkanes) is 4. The summed E-state index contributed by atoms with van der Waals surface area (Å²) in [7, 11) is 0. The number of benzene rings is 4. The predicted octanol–water partition coefficient (Wildman–Crippen LogP) is 14.7. The van der Waals surface area contributed by atoms with Gasteiger partial charge in [0.05, 0.1) is 22.3 Å². The minimum absolute atomic E-state index is 0.0349. The van der Waals surface area contributed by atoms with E-state index in [1.807, 2.05) is 0 Å². The highest BCUT2D eigenvalue weighted by Crippen LogP contribution is 2.40. The fourth-order valence-electron chi connectivity index (χ4n) is 8.42. The number of ketones is 6. The fourth-order valence-corrected chi connectivity index (χ4v) is 8.42. The SMILES string of the molecule is CCC(=O)CCCCCC(=O)c1ccc2c(c1)CC/C(=C\c1cc(C(F)(F)F)cc(C(F)(F)F)c1)C2=O.O=C(CO)CCCCCC(=O)c1ccc2c(c1)CC/C(=C\c1cc(C(F)(F)F)cc(C(F)(F)F)c1)C2=O. The lowest BCUT2D eigenvalue weighted by Gasteiger charge is -2.19. The molecular formula is C55H50F12O7. The zero-order chi connectivity index (χ0) is 54.8. The molecule has 74 heavy (non-hydrogen) atoms. The molecule has 7 nitrogen and oxygen atoms in total. The maximum atomic E-state index is 13.2. The second kappa shape index (κ2) is 24.7. The molecule has 19 heteroatoms. The molecule has 0 unspecified atom stereocenters. The van der Waals surface area contributed by atoms with Crippen LogP contribution in [0.1, 0.15) is 176 Å². The van der Waals surface area contributed by atoms with E-state index in [0.29, 0.717) is 104 Å². The van der Waals surface area contributed by atoms with Gasteiger partial charge in [-0.25, -0.2) is 0 Å². The second-order valence-electron chi connectivity index (χ2n) is 18.0. The normalized spacial score (nSPS) is 15.1. The molecule has 6 rings (SSSR count). The Balaban J connectivity index is 0.000000274. The Hall–Kier alpha value is -6.50. The van der Waals surface area contributed by atoms with E-state index in [1.54, 1.807) is 19.1 Å². The molecule has 0 saturated heterocycles. The van der Waals surface area contributed by atoms with Crippen LogP contribution >= 0.6 is 0 Å². The van der Waals surface area contributed by atoms with Crippen molar-refractivity contribution in [3.8, 4) is 0 Å². The van der Waals surface area contributed by atoms with Gasteiger partial charge in [-0.3, -0.25) is 28.8 Å². The van der Waals surface area contributed by atoms with Crippen LogP contribution in [0, 0.1) is 0 Å². The smallest absolute Gasteiger partial charge is 0.389 e. The molecule has 2 aliphatic rings. The van der Waals surface area contributed by atoms with E-state index in [1.165, 1.54) is 24.3 Å². The van der Waals surface area contributed by atoms with Crippen molar-refractivity contribution in [1.82, 2.24) is 0 Å². The van der Waals surface area contributed by atoms with E-state index in [2.05, 4.69) is 0 Å². The Labute approximate surface area is 417 Å². The van der Waals surface area contributed by atoms with Crippen molar-refractivity contribution in [2.24, 2.45) is 0 Å². The van der Waals surface area contributed by atoms with Gasteiger partial charge < -0.3 is 5.11 Å². The number of allylic oxidation sites excluding steroid dienone is 2. The molecule has 1 N–H and O–H groups in total.